The molecule has 5 heterocycles. The highest BCUT2D eigenvalue weighted by Crippen LogP contribution is 2.27. The number of pyridine rings is 3. The lowest BCUT2D eigenvalue weighted by molar-refractivity contribution is 0.158. The first-order chi connectivity index (χ1) is 20.3. The lowest BCUT2D eigenvalue weighted by Gasteiger charge is -2.40. The van der Waals surface area contributed by atoms with Crippen molar-refractivity contribution in [3.05, 3.63) is 93.8 Å². The van der Waals surface area contributed by atoms with E-state index in [2.05, 4.69) is 78.9 Å². The molecule has 0 bridgehead atoms. The fraction of sp³-hybridized carbons (Fsp3) is 0.441. The molecule has 3 aromatic heterocycles. The quantitative estimate of drug-likeness (QED) is 0.352. The van der Waals surface area contributed by atoms with Crippen molar-refractivity contribution in [2.75, 3.05) is 36.0 Å². The van der Waals surface area contributed by atoms with Crippen molar-refractivity contribution in [2.24, 2.45) is 12.8 Å². The summed E-state index contributed by atoms with van der Waals surface area (Å²) in [6, 6.07) is 15.4. The van der Waals surface area contributed by atoms with Gasteiger partial charge in [0.15, 0.2) is 5.43 Å². The Kier molecular flexibility index (Phi) is 8.27. The minimum absolute atomic E-state index is 0.127. The Balaban J connectivity index is 1.30. The number of aromatic nitrogens is 3. The van der Waals surface area contributed by atoms with Gasteiger partial charge in [0.25, 0.3) is 0 Å². The first kappa shape index (κ1) is 28.4. The van der Waals surface area contributed by atoms with Gasteiger partial charge in [-0.15, -0.1) is 0 Å². The molecule has 0 radical (unpaired) electrons. The van der Waals surface area contributed by atoms with E-state index in [0.29, 0.717) is 12.6 Å². The van der Waals surface area contributed by atoms with E-state index >= 15 is 0 Å². The summed E-state index contributed by atoms with van der Waals surface area (Å²) in [7, 11) is 2.06. The molecular weight excluding hydrogens is 522 g/mol. The second kappa shape index (κ2) is 12.2. The van der Waals surface area contributed by atoms with E-state index in [1.54, 1.807) is 0 Å². The van der Waals surface area contributed by atoms with Crippen molar-refractivity contribution >= 4 is 22.3 Å². The Labute approximate surface area is 248 Å². The van der Waals surface area contributed by atoms with Gasteiger partial charge in [-0.25, -0.2) is 0 Å². The fourth-order valence-corrected chi connectivity index (χ4v) is 6.61. The molecule has 2 aliphatic rings. The third-order valence-electron chi connectivity index (χ3n) is 9.05. The first-order valence-corrected chi connectivity index (χ1v) is 15.3. The number of nitrogens with zero attached hydrogens (tertiary/aromatic N) is 6. The summed E-state index contributed by atoms with van der Waals surface area (Å²) in [5.41, 5.74) is 13.7. The summed E-state index contributed by atoms with van der Waals surface area (Å²) in [5, 5.41) is 0.781. The average Bonchev–Trinajstić information content (AvgIpc) is 3.00. The summed E-state index contributed by atoms with van der Waals surface area (Å²) in [6.45, 7) is 9.27. The fourth-order valence-electron chi connectivity index (χ4n) is 6.61. The molecule has 1 aromatic carbocycles. The van der Waals surface area contributed by atoms with Gasteiger partial charge < -0.3 is 20.1 Å². The smallest absolute Gasteiger partial charge is 0.193 e. The summed E-state index contributed by atoms with van der Waals surface area (Å²) in [4.78, 5) is 30.2. The molecule has 6 rings (SSSR count). The predicted molar refractivity (Wildman–Crippen MR) is 171 cm³/mol. The highest BCUT2D eigenvalue weighted by Gasteiger charge is 2.27. The number of hydrogen-bond acceptors (Lipinski definition) is 7. The standard InChI is InChI=1S/C34H43N7O/c1-24-6-7-30(19-37-24)40-14-4-5-31(23-40)41(20-26-10-13-36-25(2)17-26)22-27-21-38(3)33-18-29(8-9-32(33)34(27)42)39-15-11-28(35)12-16-39/h6-10,13,17-19,21,28,31H,4-5,11-12,14-16,20,22-23,35H2,1-3H3. The molecular formula is C34H43N7O. The Morgan fingerprint density at radius 2 is 1.71 bits per heavy atom. The van der Waals surface area contributed by atoms with Crippen LogP contribution in [0.4, 0.5) is 11.4 Å². The van der Waals surface area contributed by atoms with Crippen molar-refractivity contribution in [3.63, 3.8) is 0 Å². The second-order valence-corrected chi connectivity index (χ2v) is 12.2. The normalized spacial score (nSPS) is 18.3. The number of benzene rings is 1. The van der Waals surface area contributed by atoms with E-state index in [-0.39, 0.29) is 11.5 Å². The number of aryl methyl sites for hydroxylation is 3. The number of hydrogen-bond donors (Lipinski definition) is 1. The molecule has 42 heavy (non-hydrogen) atoms. The number of fused-ring (bicyclic) bond motifs is 1. The largest absolute Gasteiger partial charge is 0.371 e. The summed E-state index contributed by atoms with van der Waals surface area (Å²) >= 11 is 0. The van der Waals surface area contributed by atoms with Gasteiger partial charge in [-0.2, -0.15) is 0 Å². The van der Waals surface area contributed by atoms with Crippen molar-refractivity contribution < 1.29 is 0 Å². The lowest BCUT2D eigenvalue weighted by Crippen LogP contribution is -2.48. The van der Waals surface area contributed by atoms with Gasteiger partial charge in [0.2, 0.25) is 0 Å². The number of anilines is 2. The zero-order valence-electron chi connectivity index (χ0n) is 25.2. The molecule has 0 amide bonds. The van der Waals surface area contributed by atoms with Gasteiger partial charge in [0, 0.05) is 98.8 Å². The molecule has 0 spiro atoms. The Morgan fingerprint density at radius 3 is 2.48 bits per heavy atom. The van der Waals surface area contributed by atoms with Crippen LogP contribution in [0.1, 0.15) is 48.2 Å². The minimum atomic E-state index is 0.127. The molecule has 2 N–H and O–H groups in total. The molecule has 2 saturated heterocycles. The maximum atomic E-state index is 14.0. The molecule has 0 saturated carbocycles. The zero-order chi connectivity index (χ0) is 29.2. The maximum Gasteiger partial charge on any atom is 0.193 e. The first-order valence-electron chi connectivity index (χ1n) is 15.3. The van der Waals surface area contributed by atoms with Crippen LogP contribution in [0.25, 0.3) is 10.9 Å². The van der Waals surface area contributed by atoms with E-state index in [0.717, 1.165) is 91.9 Å². The molecule has 220 valence electrons. The van der Waals surface area contributed by atoms with E-state index < -0.39 is 0 Å². The number of piperidine rings is 2. The molecule has 1 unspecified atom stereocenters. The molecule has 8 nitrogen and oxygen atoms in total. The number of nitrogens with two attached hydrogens (primary N) is 1. The maximum absolute atomic E-state index is 14.0. The van der Waals surface area contributed by atoms with Crippen molar-refractivity contribution in [3.8, 4) is 0 Å². The van der Waals surface area contributed by atoms with E-state index in [4.69, 9.17) is 5.73 Å². The number of rotatable bonds is 7. The van der Waals surface area contributed by atoms with Gasteiger partial charge in [0.1, 0.15) is 0 Å². The topological polar surface area (TPSA) is 83.5 Å². The monoisotopic (exact) mass is 565 g/mol. The van der Waals surface area contributed by atoms with Crippen LogP contribution in [0.3, 0.4) is 0 Å². The Hall–Kier alpha value is -3.75. The average molecular weight is 566 g/mol. The van der Waals surface area contributed by atoms with Crippen LogP contribution >= 0.6 is 0 Å². The molecule has 1 atom stereocenters. The van der Waals surface area contributed by atoms with Gasteiger partial charge >= 0.3 is 0 Å². The summed E-state index contributed by atoms with van der Waals surface area (Å²) < 4.78 is 2.13. The molecule has 2 aliphatic heterocycles. The lowest BCUT2D eigenvalue weighted by atomic mass is 10.0. The zero-order valence-corrected chi connectivity index (χ0v) is 25.2. The van der Waals surface area contributed by atoms with Crippen LogP contribution in [0.5, 0.6) is 0 Å². The van der Waals surface area contributed by atoms with E-state index in [9.17, 15) is 4.79 Å². The molecule has 2 fully saturated rings. The summed E-state index contributed by atoms with van der Waals surface area (Å²) in [6.07, 6.45) is 10.1. The predicted octanol–water partition coefficient (Wildman–Crippen LogP) is 4.54. The highest BCUT2D eigenvalue weighted by atomic mass is 16.1. The van der Waals surface area contributed by atoms with Crippen LogP contribution in [-0.2, 0) is 20.1 Å². The summed E-state index contributed by atoms with van der Waals surface area (Å²) in [5.74, 6) is 0. The van der Waals surface area contributed by atoms with Crippen LogP contribution < -0.4 is 21.0 Å². The van der Waals surface area contributed by atoms with Gasteiger partial charge in [-0.3, -0.25) is 19.7 Å². The minimum Gasteiger partial charge on any atom is -0.371 e. The van der Waals surface area contributed by atoms with Crippen molar-refractivity contribution in [1.82, 2.24) is 19.4 Å². The third-order valence-corrected chi connectivity index (χ3v) is 9.05. The molecule has 8 heteroatoms. The molecule has 0 aliphatic carbocycles. The highest BCUT2D eigenvalue weighted by molar-refractivity contribution is 5.83. The van der Waals surface area contributed by atoms with Crippen LogP contribution in [-0.4, -0.2) is 57.7 Å². The third kappa shape index (κ3) is 6.20. The van der Waals surface area contributed by atoms with Gasteiger partial charge in [0.05, 0.1) is 17.4 Å². The van der Waals surface area contributed by atoms with Crippen LogP contribution in [0.2, 0.25) is 0 Å². The van der Waals surface area contributed by atoms with Crippen LogP contribution in [0, 0.1) is 13.8 Å². The van der Waals surface area contributed by atoms with Crippen LogP contribution in [0.15, 0.2) is 65.8 Å². The Morgan fingerprint density at radius 1 is 0.905 bits per heavy atom. The van der Waals surface area contributed by atoms with E-state index in [1.807, 2.05) is 32.3 Å². The molecule has 4 aromatic rings. The second-order valence-electron chi connectivity index (χ2n) is 12.2. The SMILES string of the molecule is Cc1ccc(N2CCCC(N(Cc3ccnc(C)c3)Cc3cn(C)c4cc(N5CCC(N)CC5)ccc4c3=O)C2)cn1. The van der Waals surface area contributed by atoms with Crippen molar-refractivity contribution in [1.29, 1.82) is 0 Å². The van der Waals surface area contributed by atoms with Gasteiger partial charge in [-0.1, -0.05) is 0 Å². The Bertz CT molecular complexity index is 1590. The van der Waals surface area contributed by atoms with E-state index in [1.165, 1.54) is 11.3 Å². The van der Waals surface area contributed by atoms with Crippen molar-refractivity contribution in [2.45, 2.75) is 64.7 Å². The van der Waals surface area contributed by atoms with Gasteiger partial charge in [-0.05, 0) is 87.6 Å².